The minimum absolute atomic E-state index is 0.0146. The topological polar surface area (TPSA) is 38.3 Å². The largest absolute Gasteiger partial charge is 0.462 e. The Labute approximate surface area is 92.6 Å². The van der Waals surface area contributed by atoms with Crippen molar-refractivity contribution in [2.45, 2.75) is 46.6 Å². The van der Waals surface area contributed by atoms with Crippen molar-refractivity contribution in [3.63, 3.8) is 0 Å². The Bertz CT molecular complexity index is 220. The molecule has 1 saturated carbocycles. The summed E-state index contributed by atoms with van der Waals surface area (Å²) in [5.74, 6) is 0.552. The average molecular weight is 213 g/mol. The van der Waals surface area contributed by atoms with Crippen LogP contribution >= 0.6 is 0 Å². The van der Waals surface area contributed by atoms with Gasteiger partial charge in [-0.1, -0.05) is 13.8 Å². The van der Waals surface area contributed by atoms with Gasteiger partial charge in [0, 0.05) is 6.54 Å². The summed E-state index contributed by atoms with van der Waals surface area (Å²) in [4.78, 5) is 11.2. The van der Waals surface area contributed by atoms with E-state index in [1.807, 2.05) is 13.8 Å². The maximum atomic E-state index is 11.2. The Kier molecular flexibility index (Phi) is 4.14. The molecule has 0 atom stereocenters. The highest BCUT2D eigenvalue weighted by atomic mass is 16.5. The lowest BCUT2D eigenvalue weighted by Gasteiger charge is -2.19. The first kappa shape index (κ1) is 12.5. The van der Waals surface area contributed by atoms with Crippen molar-refractivity contribution in [3.8, 4) is 0 Å². The Morgan fingerprint density at radius 1 is 1.33 bits per heavy atom. The molecule has 0 aromatic heterocycles. The van der Waals surface area contributed by atoms with Gasteiger partial charge in [-0.05, 0) is 38.0 Å². The molecule has 1 aliphatic carbocycles. The van der Waals surface area contributed by atoms with Crippen molar-refractivity contribution >= 4 is 5.97 Å². The zero-order chi connectivity index (χ0) is 11.5. The van der Waals surface area contributed by atoms with Gasteiger partial charge in [-0.2, -0.15) is 0 Å². The molecule has 0 amide bonds. The van der Waals surface area contributed by atoms with Gasteiger partial charge >= 0.3 is 5.97 Å². The van der Waals surface area contributed by atoms with Crippen LogP contribution in [0.25, 0.3) is 0 Å². The number of rotatable bonds is 6. The highest BCUT2D eigenvalue weighted by Crippen LogP contribution is 2.51. The van der Waals surface area contributed by atoms with Crippen molar-refractivity contribution in [2.24, 2.45) is 11.3 Å². The van der Waals surface area contributed by atoms with Crippen LogP contribution in [0.15, 0.2) is 0 Å². The van der Waals surface area contributed by atoms with Gasteiger partial charge in [-0.3, -0.25) is 4.79 Å². The second-order valence-electron chi connectivity index (χ2n) is 5.16. The van der Waals surface area contributed by atoms with Crippen LogP contribution in [-0.4, -0.2) is 25.2 Å². The molecule has 0 unspecified atom stereocenters. The third kappa shape index (κ3) is 3.82. The maximum Gasteiger partial charge on any atom is 0.320 e. The quantitative estimate of drug-likeness (QED) is 0.685. The molecule has 0 spiro atoms. The fourth-order valence-electron chi connectivity index (χ4n) is 1.84. The number of carbonyl (C=O) groups is 1. The van der Waals surface area contributed by atoms with Crippen LogP contribution in [0.5, 0.6) is 0 Å². The Morgan fingerprint density at radius 3 is 2.33 bits per heavy atom. The number of hydrogen-bond donors (Lipinski definition) is 1. The minimum Gasteiger partial charge on any atom is -0.462 e. The highest BCUT2D eigenvalue weighted by molar-refractivity contribution is 5.71. The van der Waals surface area contributed by atoms with Gasteiger partial charge in [0.25, 0.3) is 0 Å². The Hall–Kier alpha value is -0.570. The Morgan fingerprint density at radius 2 is 1.93 bits per heavy atom. The molecule has 0 radical (unpaired) electrons. The summed E-state index contributed by atoms with van der Waals surface area (Å²) in [6, 6.07) is 0. The first-order valence-electron chi connectivity index (χ1n) is 5.86. The lowest BCUT2D eigenvalue weighted by Crippen LogP contribution is -2.33. The average Bonchev–Trinajstić information content (AvgIpc) is 2.83. The van der Waals surface area contributed by atoms with Crippen LogP contribution in [0, 0.1) is 11.3 Å². The summed E-state index contributed by atoms with van der Waals surface area (Å²) in [5.41, 5.74) is 0.456. The smallest absolute Gasteiger partial charge is 0.320 e. The van der Waals surface area contributed by atoms with E-state index in [9.17, 15) is 4.79 Å². The summed E-state index contributed by atoms with van der Waals surface area (Å²) in [6.45, 7) is 9.52. The molecule has 0 aliphatic heterocycles. The molecular formula is C12H23NO2. The van der Waals surface area contributed by atoms with E-state index in [2.05, 4.69) is 19.2 Å². The van der Waals surface area contributed by atoms with Crippen molar-refractivity contribution in [1.82, 2.24) is 5.32 Å². The molecule has 1 rings (SSSR count). The molecule has 1 aliphatic rings. The summed E-state index contributed by atoms with van der Waals surface area (Å²) in [7, 11) is 0. The lowest BCUT2D eigenvalue weighted by molar-refractivity contribution is -0.146. The van der Waals surface area contributed by atoms with E-state index in [1.54, 1.807) is 0 Å². The van der Waals surface area contributed by atoms with Crippen LogP contribution in [0.2, 0.25) is 0 Å². The first-order chi connectivity index (χ1) is 6.96. The number of carbonyl (C=O) groups excluding carboxylic acids is 1. The fraction of sp³-hybridized carbons (Fsp3) is 0.917. The molecule has 0 bridgehead atoms. The Balaban J connectivity index is 2.14. The van der Waals surface area contributed by atoms with Gasteiger partial charge in [-0.25, -0.2) is 0 Å². The van der Waals surface area contributed by atoms with Gasteiger partial charge in [0.2, 0.25) is 0 Å². The third-order valence-corrected chi connectivity index (χ3v) is 3.23. The summed E-state index contributed by atoms with van der Waals surface area (Å²) in [5, 5.41) is 3.20. The van der Waals surface area contributed by atoms with E-state index in [-0.39, 0.29) is 12.1 Å². The minimum atomic E-state index is -0.149. The zero-order valence-electron chi connectivity index (χ0n) is 10.3. The van der Waals surface area contributed by atoms with Crippen molar-refractivity contribution in [3.05, 3.63) is 0 Å². The van der Waals surface area contributed by atoms with E-state index in [0.717, 1.165) is 6.54 Å². The van der Waals surface area contributed by atoms with E-state index in [0.29, 0.717) is 17.9 Å². The maximum absolute atomic E-state index is 11.2. The van der Waals surface area contributed by atoms with Crippen molar-refractivity contribution in [1.29, 1.82) is 0 Å². The van der Waals surface area contributed by atoms with E-state index in [4.69, 9.17) is 4.74 Å². The molecule has 0 aromatic rings. The van der Waals surface area contributed by atoms with Crippen molar-refractivity contribution < 1.29 is 9.53 Å². The lowest BCUT2D eigenvalue weighted by atomic mass is 9.92. The summed E-state index contributed by atoms with van der Waals surface area (Å²) >= 11 is 0. The molecule has 3 heteroatoms. The SMILES string of the molecule is CC(C)OC(=O)CNCC1(C(C)C)CC1. The number of ether oxygens (including phenoxy) is 1. The molecule has 0 aromatic carbocycles. The molecule has 15 heavy (non-hydrogen) atoms. The summed E-state index contributed by atoms with van der Waals surface area (Å²) < 4.78 is 5.04. The van der Waals surface area contributed by atoms with Crippen LogP contribution in [0.4, 0.5) is 0 Å². The number of nitrogens with one attached hydrogen (secondary N) is 1. The molecule has 1 N–H and O–H groups in total. The van der Waals surface area contributed by atoms with Gasteiger partial charge in [-0.15, -0.1) is 0 Å². The molecule has 0 saturated heterocycles. The van der Waals surface area contributed by atoms with E-state index < -0.39 is 0 Å². The molecule has 88 valence electrons. The molecule has 1 fully saturated rings. The van der Waals surface area contributed by atoms with Crippen LogP contribution in [-0.2, 0) is 9.53 Å². The number of hydrogen-bond acceptors (Lipinski definition) is 3. The second kappa shape index (κ2) is 4.97. The van der Waals surface area contributed by atoms with Gasteiger partial charge in [0.15, 0.2) is 0 Å². The van der Waals surface area contributed by atoms with Gasteiger partial charge in [0.1, 0.15) is 0 Å². The van der Waals surface area contributed by atoms with Crippen molar-refractivity contribution in [2.75, 3.05) is 13.1 Å². The van der Waals surface area contributed by atoms with Gasteiger partial charge in [0.05, 0.1) is 12.6 Å². The number of esters is 1. The zero-order valence-corrected chi connectivity index (χ0v) is 10.3. The summed E-state index contributed by atoms with van der Waals surface area (Å²) in [6.07, 6.45) is 2.56. The fourth-order valence-corrected chi connectivity index (χ4v) is 1.84. The predicted molar refractivity (Wildman–Crippen MR) is 60.6 cm³/mol. The molecular weight excluding hydrogens is 190 g/mol. The van der Waals surface area contributed by atoms with Crippen LogP contribution in [0.3, 0.4) is 0 Å². The monoisotopic (exact) mass is 213 g/mol. The molecule has 3 nitrogen and oxygen atoms in total. The van der Waals surface area contributed by atoms with Crippen LogP contribution < -0.4 is 5.32 Å². The van der Waals surface area contributed by atoms with Gasteiger partial charge < -0.3 is 10.1 Å². The third-order valence-electron chi connectivity index (χ3n) is 3.23. The highest BCUT2D eigenvalue weighted by Gasteiger charge is 2.44. The standard InChI is InChI=1S/C12H23NO2/c1-9(2)12(5-6-12)8-13-7-11(14)15-10(3)4/h9-10,13H,5-8H2,1-4H3. The van der Waals surface area contributed by atoms with E-state index in [1.165, 1.54) is 12.8 Å². The molecule has 0 heterocycles. The van der Waals surface area contributed by atoms with E-state index >= 15 is 0 Å². The van der Waals surface area contributed by atoms with Crippen LogP contribution in [0.1, 0.15) is 40.5 Å². The first-order valence-corrected chi connectivity index (χ1v) is 5.86. The second-order valence-corrected chi connectivity index (χ2v) is 5.16. The predicted octanol–water partition coefficient (Wildman–Crippen LogP) is 1.96. The normalized spacial score (nSPS) is 18.3.